The molecular formula is C23H26ClN3O2S. The summed E-state index contributed by atoms with van der Waals surface area (Å²) in [5.41, 5.74) is 1.60. The van der Waals surface area contributed by atoms with Crippen molar-refractivity contribution in [3.8, 4) is 5.75 Å². The van der Waals surface area contributed by atoms with Gasteiger partial charge < -0.3 is 9.64 Å². The van der Waals surface area contributed by atoms with E-state index >= 15 is 0 Å². The van der Waals surface area contributed by atoms with Gasteiger partial charge in [0.1, 0.15) is 11.3 Å². The average Bonchev–Trinajstić information content (AvgIpc) is 3.15. The molecule has 0 N–H and O–H groups in total. The third-order valence-corrected chi connectivity index (χ3v) is 5.85. The van der Waals surface area contributed by atoms with Gasteiger partial charge in [0.2, 0.25) is 0 Å². The van der Waals surface area contributed by atoms with Crippen molar-refractivity contribution < 1.29 is 9.53 Å². The minimum Gasteiger partial charge on any atom is -0.492 e. The highest BCUT2D eigenvalue weighted by atomic mass is 35.5. The minimum atomic E-state index is -0.120. The van der Waals surface area contributed by atoms with Gasteiger partial charge in [-0.2, -0.15) is 0 Å². The Morgan fingerprint density at radius 1 is 1.17 bits per heavy atom. The molecule has 0 bridgehead atoms. The smallest absolute Gasteiger partial charge is 0.252 e. The SMILES string of the molecule is CCOc1cccc2sc(N(CCCN(C)C)C(=O)/C=C/c3ccccc3Cl)nc12. The fraction of sp³-hybridized carbons (Fsp3) is 0.304. The maximum Gasteiger partial charge on any atom is 0.252 e. The van der Waals surface area contributed by atoms with Crippen LogP contribution in [0.3, 0.4) is 0 Å². The van der Waals surface area contributed by atoms with Gasteiger partial charge in [-0.1, -0.05) is 47.2 Å². The van der Waals surface area contributed by atoms with Crippen LogP contribution in [0.5, 0.6) is 5.75 Å². The standard InChI is InChI=1S/C23H26ClN3O2S/c1-4-29-19-11-7-12-20-22(19)25-23(30-20)27(16-8-15-26(2)3)21(28)14-13-17-9-5-6-10-18(17)24/h5-7,9-14H,4,8,15-16H2,1-3H3/b14-13+. The van der Waals surface area contributed by atoms with E-state index in [-0.39, 0.29) is 5.91 Å². The van der Waals surface area contributed by atoms with Crippen LogP contribution in [0, 0.1) is 0 Å². The van der Waals surface area contributed by atoms with Crippen LogP contribution in [0.4, 0.5) is 5.13 Å². The van der Waals surface area contributed by atoms with Crippen molar-refractivity contribution in [3.63, 3.8) is 0 Å². The minimum absolute atomic E-state index is 0.120. The predicted molar refractivity (Wildman–Crippen MR) is 127 cm³/mol. The maximum atomic E-state index is 13.1. The number of para-hydroxylation sites is 1. The van der Waals surface area contributed by atoms with Gasteiger partial charge in [0.05, 0.1) is 11.3 Å². The lowest BCUT2D eigenvalue weighted by atomic mass is 10.2. The highest BCUT2D eigenvalue weighted by Crippen LogP contribution is 2.34. The van der Waals surface area contributed by atoms with Crippen molar-refractivity contribution in [2.24, 2.45) is 0 Å². The first kappa shape index (κ1) is 22.3. The second kappa shape index (κ2) is 10.6. The zero-order valence-electron chi connectivity index (χ0n) is 17.5. The normalized spacial score (nSPS) is 11.5. The first-order chi connectivity index (χ1) is 14.5. The molecule has 0 aliphatic heterocycles. The van der Waals surface area contributed by atoms with Gasteiger partial charge in [-0.3, -0.25) is 9.69 Å². The van der Waals surface area contributed by atoms with Crippen LogP contribution in [0.1, 0.15) is 18.9 Å². The number of aromatic nitrogens is 1. The molecule has 3 rings (SSSR count). The Morgan fingerprint density at radius 3 is 2.70 bits per heavy atom. The molecular weight excluding hydrogens is 418 g/mol. The molecule has 0 spiro atoms. The second-order valence-corrected chi connectivity index (χ2v) is 8.45. The lowest BCUT2D eigenvalue weighted by Crippen LogP contribution is -2.32. The van der Waals surface area contributed by atoms with E-state index in [2.05, 4.69) is 4.90 Å². The number of fused-ring (bicyclic) bond motifs is 1. The van der Waals surface area contributed by atoms with Crippen LogP contribution in [0.25, 0.3) is 16.3 Å². The molecule has 1 aromatic heterocycles. The zero-order valence-corrected chi connectivity index (χ0v) is 19.0. The predicted octanol–water partition coefficient (Wildman–Crippen LogP) is 5.35. The summed E-state index contributed by atoms with van der Waals surface area (Å²) in [6.07, 6.45) is 4.15. The van der Waals surface area contributed by atoms with Crippen molar-refractivity contribution >= 4 is 50.3 Å². The van der Waals surface area contributed by atoms with Gasteiger partial charge in [-0.05, 0) is 63.8 Å². The fourth-order valence-electron chi connectivity index (χ4n) is 3.01. The first-order valence-electron chi connectivity index (χ1n) is 9.90. The molecule has 5 nitrogen and oxygen atoms in total. The molecule has 1 heterocycles. The van der Waals surface area contributed by atoms with Crippen LogP contribution >= 0.6 is 22.9 Å². The number of amides is 1. The number of ether oxygens (including phenoxy) is 1. The Kier molecular flexibility index (Phi) is 7.85. The van der Waals surface area contributed by atoms with Gasteiger partial charge in [-0.15, -0.1) is 0 Å². The Hall–Kier alpha value is -2.41. The summed E-state index contributed by atoms with van der Waals surface area (Å²) in [6, 6.07) is 13.3. The summed E-state index contributed by atoms with van der Waals surface area (Å²) >= 11 is 7.72. The Balaban J connectivity index is 1.90. The molecule has 0 fully saturated rings. The molecule has 0 unspecified atom stereocenters. The topological polar surface area (TPSA) is 45.7 Å². The van der Waals surface area contributed by atoms with E-state index < -0.39 is 0 Å². The van der Waals surface area contributed by atoms with Crippen molar-refractivity contribution in [3.05, 3.63) is 59.1 Å². The molecule has 0 aliphatic carbocycles. The van der Waals surface area contributed by atoms with E-state index in [1.165, 1.54) is 11.3 Å². The van der Waals surface area contributed by atoms with Crippen LogP contribution in [-0.4, -0.2) is 49.6 Å². The number of carbonyl (C=O) groups is 1. The summed E-state index contributed by atoms with van der Waals surface area (Å²) in [4.78, 5) is 21.7. The monoisotopic (exact) mass is 443 g/mol. The van der Waals surface area contributed by atoms with Crippen molar-refractivity contribution in [2.45, 2.75) is 13.3 Å². The highest BCUT2D eigenvalue weighted by Gasteiger charge is 2.19. The van der Waals surface area contributed by atoms with Crippen LogP contribution in [0.2, 0.25) is 5.02 Å². The van der Waals surface area contributed by atoms with Gasteiger partial charge in [0, 0.05) is 17.6 Å². The second-order valence-electron chi connectivity index (χ2n) is 7.03. The quantitative estimate of drug-likeness (QED) is 0.418. The molecule has 0 radical (unpaired) electrons. The van der Waals surface area contributed by atoms with Crippen LogP contribution in [0.15, 0.2) is 48.5 Å². The van der Waals surface area contributed by atoms with Gasteiger partial charge in [0.15, 0.2) is 5.13 Å². The molecule has 158 valence electrons. The molecule has 2 aromatic carbocycles. The Labute approximate surface area is 186 Å². The summed E-state index contributed by atoms with van der Waals surface area (Å²) in [5, 5.41) is 1.28. The molecule has 0 aliphatic rings. The van der Waals surface area contributed by atoms with E-state index in [4.69, 9.17) is 21.3 Å². The van der Waals surface area contributed by atoms with Gasteiger partial charge in [-0.25, -0.2) is 4.98 Å². The molecule has 0 saturated heterocycles. The Bertz CT molecular complexity index is 1030. The molecule has 7 heteroatoms. The van der Waals surface area contributed by atoms with Gasteiger partial charge >= 0.3 is 0 Å². The number of thiazole rings is 1. The van der Waals surface area contributed by atoms with E-state index in [1.807, 2.05) is 63.5 Å². The third-order valence-electron chi connectivity index (χ3n) is 4.47. The lowest BCUT2D eigenvalue weighted by Gasteiger charge is -2.19. The van der Waals surface area contributed by atoms with E-state index in [0.717, 1.165) is 34.5 Å². The van der Waals surface area contributed by atoms with Crippen molar-refractivity contribution in [1.29, 1.82) is 0 Å². The molecule has 1 amide bonds. The summed E-state index contributed by atoms with van der Waals surface area (Å²) < 4.78 is 6.71. The molecule has 30 heavy (non-hydrogen) atoms. The number of nitrogens with zero attached hydrogens (tertiary/aromatic N) is 3. The number of carbonyl (C=O) groups excluding carboxylic acids is 1. The average molecular weight is 444 g/mol. The van der Waals surface area contributed by atoms with E-state index in [9.17, 15) is 4.79 Å². The first-order valence-corrected chi connectivity index (χ1v) is 11.1. The van der Waals surface area contributed by atoms with Crippen molar-refractivity contribution in [2.75, 3.05) is 38.7 Å². The lowest BCUT2D eigenvalue weighted by molar-refractivity contribution is -0.114. The Morgan fingerprint density at radius 2 is 1.97 bits per heavy atom. The molecule has 3 aromatic rings. The number of rotatable bonds is 9. The van der Waals surface area contributed by atoms with Crippen LogP contribution < -0.4 is 9.64 Å². The summed E-state index contributed by atoms with van der Waals surface area (Å²) in [7, 11) is 4.05. The van der Waals surface area contributed by atoms with Gasteiger partial charge in [0.25, 0.3) is 5.91 Å². The van der Waals surface area contributed by atoms with E-state index in [1.54, 1.807) is 17.1 Å². The number of anilines is 1. The number of benzene rings is 2. The molecule has 0 atom stereocenters. The zero-order chi connectivity index (χ0) is 21.5. The number of hydrogen-bond acceptors (Lipinski definition) is 5. The third kappa shape index (κ3) is 5.59. The largest absolute Gasteiger partial charge is 0.492 e. The summed E-state index contributed by atoms with van der Waals surface area (Å²) in [6.45, 7) is 3.97. The van der Waals surface area contributed by atoms with E-state index in [0.29, 0.717) is 23.3 Å². The maximum absolute atomic E-state index is 13.1. The highest BCUT2D eigenvalue weighted by molar-refractivity contribution is 7.22. The van der Waals surface area contributed by atoms with Crippen molar-refractivity contribution in [1.82, 2.24) is 9.88 Å². The number of halogens is 1. The number of hydrogen-bond donors (Lipinski definition) is 0. The fourth-order valence-corrected chi connectivity index (χ4v) is 4.22. The van der Waals surface area contributed by atoms with Crippen LogP contribution in [-0.2, 0) is 4.79 Å². The molecule has 0 saturated carbocycles. The summed E-state index contributed by atoms with van der Waals surface area (Å²) in [5.74, 6) is 0.621.